The zero-order valence-corrected chi connectivity index (χ0v) is 12.4. The molecule has 0 aromatic heterocycles. The fraction of sp³-hybridized carbons (Fsp3) is 0.375. The maximum absolute atomic E-state index is 12.4. The molecule has 0 heterocycles. The number of carbonyl (C=O) groups excluding carboxylic acids is 2. The number of aliphatic hydroxyl groups excluding tert-OH is 1. The van der Waals surface area contributed by atoms with E-state index in [1.165, 1.54) is 6.08 Å². The Balaban J connectivity index is 2.29. The normalized spacial score (nSPS) is 24.9. The van der Waals surface area contributed by atoms with E-state index in [0.29, 0.717) is 0 Å². The molecule has 0 saturated carbocycles. The standard InChI is InChI=1S/C16H18BO5/c1-16(2)9-8-11(14(20)15(16)17(21)22)13(19)12(18)10-6-4-3-5-7-10/h3-7,9,11,13,15,19,21-22H,1-2H3. The molecule has 22 heavy (non-hydrogen) atoms. The van der Waals surface area contributed by atoms with Crippen LogP contribution >= 0.6 is 0 Å². The molecule has 0 bridgehead atoms. The van der Waals surface area contributed by atoms with Gasteiger partial charge >= 0.3 is 7.12 Å². The largest absolute Gasteiger partial charge is 0.463 e. The molecule has 0 aliphatic heterocycles. The summed E-state index contributed by atoms with van der Waals surface area (Å²) in [6.45, 7) is 3.34. The molecule has 1 aromatic rings. The van der Waals surface area contributed by atoms with Crippen LogP contribution in [0.25, 0.3) is 0 Å². The van der Waals surface area contributed by atoms with Gasteiger partial charge in [-0.25, -0.2) is 0 Å². The van der Waals surface area contributed by atoms with E-state index < -0.39 is 41.9 Å². The summed E-state index contributed by atoms with van der Waals surface area (Å²) in [7, 11) is -1.86. The van der Waals surface area contributed by atoms with Crippen molar-refractivity contribution in [2.24, 2.45) is 11.3 Å². The van der Waals surface area contributed by atoms with Crippen LogP contribution in [0, 0.1) is 17.4 Å². The molecule has 0 spiro atoms. The summed E-state index contributed by atoms with van der Waals surface area (Å²) in [4.78, 5) is 24.7. The smallest absolute Gasteiger partial charge is 0.427 e. The Kier molecular flexibility index (Phi) is 4.65. The number of rotatable bonds is 4. The van der Waals surface area contributed by atoms with Crippen LogP contribution in [0.2, 0.25) is 5.82 Å². The number of Topliss-reactive ketones (excluding diaryl/α,β-unsaturated/α-hetero) is 2. The number of ketones is 2. The summed E-state index contributed by atoms with van der Waals surface area (Å²) in [5.41, 5.74) is -0.521. The fourth-order valence-corrected chi connectivity index (χ4v) is 2.74. The summed E-state index contributed by atoms with van der Waals surface area (Å²) in [6, 6.07) is 8.15. The Hall–Kier alpha value is -1.76. The van der Waals surface area contributed by atoms with E-state index in [-0.39, 0.29) is 5.56 Å². The van der Waals surface area contributed by atoms with Crippen molar-refractivity contribution in [2.45, 2.75) is 25.8 Å². The Morgan fingerprint density at radius 1 is 1.27 bits per heavy atom. The lowest BCUT2D eigenvalue weighted by atomic mass is 9.53. The molecule has 1 radical (unpaired) electrons. The van der Waals surface area contributed by atoms with Crippen molar-refractivity contribution in [1.29, 1.82) is 0 Å². The zero-order valence-electron chi connectivity index (χ0n) is 12.4. The van der Waals surface area contributed by atoms with E-state index in [9.17, 15) is 24.7 Å². The molecule has 115 valence electrons. The lowest BCUT2D eigenvalue weighted by Crippen LogP contribution is -2.47. The predicted molar refractivity (Wildman–Crippen MR) is 80.8 cm³/mol. The van der Waals surface area contributed by atoms with Gasteiger partial charge in [0.25, 0.3) is 0 Å². The molecule has 1 aliphatic rings. The summed E-state index contributed by atoms with van der Waals surface area (Å²) in [5, 5.41) is 29.1. The lowest BCUT2D eigenvalue weighted by molar-refractivity contribution is -0.126. The van der Waals surface area contributed by atoms with Gasteiger partial charge in [0, 0.05) is 5.56 Å². The Morgan fingerprint density at radius 2 is 1.86 bits per heavy atom. The SMILES string of the molecule is CC1(C)C=[C]C(C(O)C(=O)c2ccccc2)C(=O)C1B(O)O. The minimum Gasteiger partial charge on any atom is -0.427 e. The number of allylic oxidation sites excluding steroid dienone is 1. The third-order valence-electron chi connectivity index (χ3n) is 3.99. The van der Waals surface area contributed by atoms with Crippen molar-refractivity contribution in [3.8, 4) is 0 Å². The van der Waals surface area contributed by atoms with Crippen LogP contribution in [-0.2, 0) is 4.79 Å². The molecule has 6 heteroatoms. The average Bonchev–Trinajstić information content (AvgIpc) is 2.45. The molecular weight excluding hydrogens is 283 g/mol. The number of aliphatic hydroxyl groups is 1. The maximum Gasteiger partial charge on any atom is 0.463 e. The maximum atomic E-state index is 12.4. The minimum atomic E-state index is -1.86. The highest BCUT2D eigenvalue weighted by Crippen LogP contribution is 2.41. The number of carbonyl (C=O) groups is 2. The second kappa shape index (κ2) is 6.16. The molecular formula is C16H18BO5. The van der Waals surface area contributed by atoms with Gasteiger partial charge in [-0.2, -0.15) is 0 Å². The molecule has 1 aromatic carbocycles. The monoisotopic (exact) mass is 301 g/mol. The topological polar surface area (TPSA) is 94.8 Å². The van der Waals surface area contributed by atoms with Crippen LogP contribution in [0.4, 0.5) is 0 Å². The second-order valence-electron chi connectivity index (χ2n) is 6.08. The first-order chi connectivity index (χ1) is 10.3. The van der Waals surface area contributed by atoms with Crippen LogP contribution in [0.15, 0.2) is 36.4 Å². The molecule has 5 nitrogen and oxygen atoms in total. The quantitative estimate of drug-likeness (QED) is 0.561. The van der Waals surface area contributed by atoms with E-state index in [0.717, 1.165) is 0 Å². The van der Waals surface area contributed by atoms with Gasteiger partial charge in [-0.15, -0.1) is 0 Å². The first kappa shape index (κ1) is 16.6. The van der Waals surface area contributed by atoms with Gasteiger partial charge in [-0.1, -0.05) is 50.3 Å². The van der Waals surface area contributed by atoms with Crippen molar-refractivity contribution in [2.75, 3.05) is 0 Å². The van der Waals surface area contributed by atoms with E-state index in [4.69, 9.17) is 0 Å². The predicted octanol–water partition coefficient (Wildman–Crippen LogP) is 0.658. The first-order valence-electron chi connectivity index (χ1n) is 7.03. The van der Waals surface area contributed by atoms with Crippen molar-refractivity contribution in [3.63, 3.8) is 0 Å². The first-order valence-corrected chi connectivity index (χ1v) is 7.03. The Morgan fingerprint density at radius 3 is 2.41 bits per heavy atom. The highest BCUT2D eigenvalue weighted by atomic mass is 16.4. The van der Waals surface area contributed by atoms with Gasteiger partial charge in [0.05, 0.1) is 11.7 Å². The molecule has 0 fully saturated rings. The van der Waals surface area contributed by atoms with Crippen LogP contribution in [-0.4, -0.2) is 39.9 Å². The molecule has 3 atom stereocenters. The fourth-order valence-electron chi connectivity index (χ4n) is 2.74. The van der Waals surface area contributed by atoms with E-state index in [2.05, 4.69) is 6.08 Å². The molecule has 3 N–H and O–H groups in total. The molecule has 2 rings (SSSR count). The van der Waals surface area contributed by atoms with E-state index >= 15 is 0 Å². The summed E-state index contributed by atoms with van der Waals surface area (Å²) < 4.78 is 0. The van der Waals surface area contributed by atoms with Crippen molar-refractivity contribution in [3.05, 3.63) is 48.0 Å². The Labute approximate surface area is 129 Å². The average molecular weight is 301 g/mol. The number of hydrogen-bond acceptors (Lipinski definition) is 5. The van der Waals surface area contributed by atoms with E-state index in [1.807, 2.05) is 0 Å². The van der Waals surface area contributed by atoms with Gasteiger partial charge in [0.15, 0.2) is 5.78 Å². The second-order valence-corrected chi connectivity index (χ2v) is 6.08. The zero-order chi connectivity index (χ0) is 16.5. The van der Waals surface area contributed by atoms with Gasteiger partial charge in [0.1, 0.15) is 11.9 Å². The summed E-state index contributed by atoms with van der Waals surface area (Å²) in [5.74, 6) is -3.51. The molecule has 0 saturated heterocycles. The Bertz CT molecular complexity index is 594. The van der Waals surface area contributed by atoms with E-state index in [1.54, 1.807) is 44.2 Å². The molecule has 3 unspecified atom stereocenters. The molecule has 0 amide bonds. The van der Waals surface area contributed by atoms with Crippen molar-refractivity contribution < 1.29 is 24.7 Å². The van der Waals surface area contributed by atoms with Gasteiger partial charge < -0.3 is 15.2 Å². The number of benzene rings is 1. The van der Waals surface area contributed by atoms with Crippen LogP contribution in [0.3, 0.4) is 0 Å². The highest BCUT2D eigenvalue weighted by molar-refractivity contribution is 6.50. The van der Waals surface area contributed by atoms with Crippen LogP contribution in [0.5, 0.6) is 0 Å². The molecule has 1 aliphatic carbocycles. The van der Waals surface area contributed by atoms with Crippen LogP contribution < -0.4 is 0 Å². The third-order valence-corrected chi connectivity index (χ3v) is 3.99. The van der Waals surface area contributed by atoms with Gasteiger partial charge in [0.2, 0.25) is 0 Å². The minimum absolute atomic E-state index is 0.288. The summed E-state index contributed by atoms with van der Waals surface area (Å²) >= 11 is 0. The number of hydrogen-bond donors (Lipinski definition) is 3. The van der Waals surface area contributed by atoms with Crippen molar-refractivity contribution in [1.82, 2.24) is 0 Å². The van der Waals surface area contributed by atoms with Gasteiger partial charge in [-0.3, -0.25) is 9.59 Å². The third kappa shape index (κ3) is 3.04. The lowest BCUT2D eigenvalue weighted by Gasteiger charge is -2.36. The van der Waals surface area contributed by atoms with Gasteiger partial charge in [-0.05, 0) is 11.5 Å². The summed E-state index contributed by atoms with van der Waals surface area (Å²) in [6.07, 6.45) is 2.65. The van der Waals surface area contributed by atoms with Crippen LogP contribution in [0.1, 0.15) is 24.2 Å². The van der Waals surface area contributed by atoms with Crippen molar-refractivity contribution >= 4 is 18.7 Å². The highest BCUT2D eigenvalue weighted by Gasteiger charge is 2.49.